The zero-order chi connectivity index (χ0) is 18.5. The molecule has 26 heavy (non-hydrogen) atoms. The van der Waals surface area contributed by atoms with Crippen molar-refractivity contribution >= 4 is 17.5 Å². The van der Waals surface area contributed by atoms with Gasteiger partial charge in [0.15, 0.2) is 0 Å². The maximum absolute atomic E-state index is 12.8. The van der Waals surface area contributed by atoms with Crippen molar-refractivity contribution in [3.63, 3.8) is 0 Å². The number of aryl methyl sites for hydroxylation is 1. The number of likely N-dealkylation sites (tertiary alicyclic amines) is 1. The van der Waals surface area contributed by atoms with Crippen LogP contribution >= 0.6 is 0 Å². The zero-order valence-electron chi connectivity index (χ0n) is 15.1. The standard InChI is InChI=1S/C21H25N3O2/c1-2-15-9-11-16(12-10-15)14-23-20(25)19-8-5-13-24(19)21(26)17-6-3-4-7-18(17)22/h3-4,6-7,9-12,19H,2,5,8,13-14,22H2,1H3,(H,23,25). The number of carbonyl (C=O) groups excluding carboxylic acids is 2. The number of para-hydroxylation sites is 1. The van der Waals surface area contributed by atoms with E-state index in [4.69, 9.17) is 5.73 Å². The van der Waals surface area contributed by atoms with Crippen LogP contribution < -0.4 is 11.1 Å². The minimum absolute atomic E-state index is 0.107. The summed E-state index contributed by atoms with van der Waals surface area (Å²) in [5.74, 6) is -0.280. The summed E-state index contributed by atoms with van der Waals surface area (Å²) in [7, 11) is 0. The number of hydrogen-bond acceptors (Lipinski definition) is 3. The van der Waals surface area contributed by atoms with Gasteiger partial charge in [-0.15, -0.1) is 0 Å². The van der Waals surface area contributed by atoms with Crippen LogP contribution in [0.1, 0.15) is 41.3 Å². The van der Waals surface area contributed by atoms with E-state index in [-0.39, 0.29) is 11.8 Å². The van der Waals surface area contributed by atoms with E-state index >= 15 is 0 Å². The number of benzene rings is 2. The van der Waals surface area contributed by atoms with Crippen LogP contribution in [0.15, 0.2) is 48.5 Å². The second-order valence-corrected chi connectivity index (χ2v) is 6.63. The maximum atomic E-state index is 12.8. The first kappa shape index (κ1) is 18.0. The second-order valence-electron chi connectivity index (χ2n) is 6.63. The lowest BCUT2D eigenvalue weighted by Gasteiger charge is -2.24. The first-order valence-electron chi connectivity index (χ1n) is 9.11. The van der Waals surface area contributed by atoms with Gasteiger partial charge in [0.2, 0.25) is 5.91 Å². The smallest absolute Gasteiger partial charge is 0.256 e. The Morgan fingerprint density at radius 1 is 1.12 bits per heavy atom. The van der Waals surface area contributed by atoms with Crippen molar-refractivity contribution in [2.24, 2.45) is 0 Å². The monoisotopic (exact) mass is 351 g/mol. The first-order valence-corrected chi connectivity index (χ1v) is 9.11. The quantitative estimate of drug-likeness (QED) is 0.814. The Labute approximate surface area is 154 Å². The van der Waals surface area contributed by atoms with Crippen LogP contribution in [0.25, 0.3) is 0 Å². The van der Waals surface area contributed by atoms with E-state index in [1.807, 2.05) is 12.1 Å². The summed E-state index contributed by atoms with van der Waals surface area (Å²) in [6, 6.07) is 14.8. The van der Waals surface area contributed by atoms with Crippen LogP contribution in [0.3, 0.4) is 0 Å². The van der Waals surface area contributed by atoms with Gasteiger partial charge in [0.05, 0.1) is 5.56 Å². The predicted octanol–water partition coefficient (Wildman–Crippen LogP) is 2.75. The fraction of sp³-hybridized carbons (Fsp3) is 0.333. The van der Waals surface area contributed by atoms with Gasteiger partial charge in [-0.1, -0.05) is 43.3 Å². The van der Waals surface area contributed by atoms with E-state index in [1.54, 1.807) is 29.2 Å². The summed E-state index contributed by atoms with van der Waals surface area (Å²) < 4.78 is 0. The Hall–Kier alpha value is -2.82. The number of nitrogens with zero attached hydrogens (tertiary/aromatic N) is 1. The van der Waals surface area contributed by atoms with E-state index in [9.17, 15) is 9.59 Å². The summed E-state index contributed by atoms with van der Waals surface area (Å²) in [5.41, 5.74) is 9.15. The molecule has 1 aliphatic heterocycles. The molecule has 1 unspecified atom stereocenters. The molecule has 5 heteroatoms. The van der Waals surface area contributed by atoms with Gasteiger partial charge in [-0.3, -0.25) is 9.59 Å². The molecule has 1 saturated heterocycles. The normalized spacial score (nSPS) is 16.5. The summed E-state index contributed by atoms with van der Waals surface area (Å²) in [6.07, 6.45) is 2.50. The zero-order valence-corrected chi connectivity index (χ0v) is 15.1. The molecule has 1 fully saturated rings. The fourth-order valence-electron chi connectivity index (χ4n) is 3.33. The molecule has 0 radical (unpaired) electrons. The van der Waals surface area contributed by atoms with Gasteiger partial charge in [0.1, 0.15) is 6.04 Å². The molecule has 0 bridgehead atoms. The molecule has 3 N–H and O–H groups in total. The molecule has 0 aromatic heterocycles. The maximum Gasteiger partial charge on any atom is 0.256 e. The van der Waals surface area contributed by atoms with Crippen molar-refractivity contribution < 1.29 is 9.59 Å². The Bertz CT molecular complexity index is 786. The molecular formula is C21H25N3O2. The lowest BCUT2D eigenvalue weighted by molar-refractivity contribution is -0.125. The summed E-state index contributed by atoms with van der Waals surface area (Å²) in [5, 5.41) is 2.97. The van der Waals surface area contributed by atoms with Crippen molar-refractivity contribution in [1.82, 2.24) is 10.2 Å². The van der Waals surface area contributed by atoms with Gasteiger partial charge in [-0.05, 0) is 42.5 Å². The van der Waals surface area contributed by atoms with Crippen LogP contribution in [0.2, 0.25) is 0 Å². The molecule has 1 atom stereocenters. The van der Waals surface area contributed by atoms with Crippen molar-refractivity contribution in [1.29, 1.82) is 0 Å². The number of rotatable bonds is 5. The Morgan fingerprint density at radius 3 is 2.50 bits per heavy atom. The minimum atomic E-state index is -0.433. The number of nitrogens with one attached hydrogen (secondary N) is 1. The van der Waals surface area contributed by atoms with Gasteiger partial charge in [0, 0.05) is 18.8 Å². The molecule has 2 amide bonds. The van der Waals surface area contributed by atoms with Crippen LogP contribution in [0.4, 0.5) is 5.69 Å². The van der Waals surface area contributed by atoms with Crippen molar-refractivity contribution in [2.45, 2.75) is 38.8 Å². The molecule has 0 saturated carbocycles. The third-order valence-electron chi connectivity index (χ3n) is 4.91. The molecule has 136 valence electrons. The lowest BCUT2D eigenvalue weighted by atomic mass is 10.1. The van der Waals surface area contributed by atoms with Crippen LogP contribution in [0, 0.1) is 0 Å². The average Bonchev–Trinajstić information content (AvgIpc) is 3.16. The Morgan fingerprint density at radius 2 is 1.81 bits per heavy atom. The number of amides is 2. The summed E-state index contributed by atoms with van der Waals surface area (Å²) in [6.45, 7) is 3.16. The highest BCUT2D eigenvalue weighted by Gasteiger charge is 2.34. The molecule has 1 aliphatic rings. The van der Waals surface area contributed by atoms with Crippen molar-refractivity contribution in [3.05, 3.63) is 65.2 Å². The van der Waals surface area contributed by atoms with E-state index in [0.29, 0.717) is 30.8 Å². The highest BCUT2D eigenvalue weighted by Crippen LogP contribution is 2.23. The van der Waals surface area contributed by atoms with Gasteiger partial charge < -0.3 is 16.0 Å². The fourth-order valence-corrected chi connectivity index (χ4v) is 3.33. The van der Waals surface area contributed by atoms with E-state index < -0.39 is 6.04 Å². The van der Waals surface area contributed by atoms with Crippen molar-refractivity contribution in [2.75, 3.05) is 12.3 Å². The third-order valence-corrected chi connectivity index (χ3v) is 4.91. The molecule has 2 aromatic carbocycles. The molecule has 1 heterocycles. The van der Waals surface area contributed by atoms with Gasteiger partial charge in [-0.25, -0.2) is 0 Å². The molecule has 0 aliphatic carbocycles. The topological polar surface area (TPSA) is 75.4 Å². The number of anilines is 1. The van der Waals surface area contributed by atoms with Crippen LogP contribution in [0.5, 0.6) is 0 Å². The molecule has 2 aromatic rings. The van der Waals surface area contributed by atoms with Crippen LogP contribution in [-0.4, -0.2) is 29.3 Å². The third kappa shape index (κ3) is 3.87. The highest BCUT2D eigenvalue weighted by atomic mass is 16.2. The van der Waals surface area contributed by atoms with E-state index in [2.05, 4.69) is 24.4 Å². The lowest BCUT2D eigenvalue weighted by Crippen LogP contribution is -2.45. The van der Waals surface area contributed by atoms with Gasteiger partial charge >= 0.3 is 0 Å². The van der Waals surface area contributed by atoms with Gasteiger partial charge in [0.25, 0.3) is 5.91 Å². The predicted molar refractivity (Wildman–Crippen MR) is 103 cm³/mol. The van der Waals surface area contributed by atoms with Gasteiger partial charge in [-0.2, -0.15) is 0 Å². The Kier molecular flexibility index (Phi) is 5.56. The largest absolute Gasteiger partial charge is 0.398 e. The van der Waals surface area contributed by atoms with E-state index in [0.717, 1.165) is 18.4 Å². The minimum Gasteiger partial charge on any atom is -0.398 e. The Balaban J connectivity index is 1.64. The number of nitrogens with two attached hydrogens (primary N) is 1. The highest BCUT2D eigenvalue weighted by molar-refractivity contribution is 6.01. The molecule has 0 spiro atoms. The average molecular weight is 351 g/mol. The summed E-state index contributed by atoms with van der Waals surface area (Å²) >= 11 is 0. The molecular weight excluding hydrogens is 326 g/mol. The second kappa shape index (κ2) is 8.04. The van der Waals surface area contributed by atoms with Crippen molar-refractivity contribution in [3.8, 4) is 0 Å². The molecule has 5 nitrogen and oxygen atoms in total. The first-order chi connectivity index (χ1) is 12.6. The van der Waals surface area contributed by atoms with Crippen LogP contribution in [-0.2, 0) is 17.8 Å². The number of nitrogen functional groups attached to an aromatic ring is 1. The SMILES string of the molecule is CCc1ccc(CNC(=O)C2CCCN2C(=O)c2ccccc2N)cc1. The number of hydrogen-bond donors (Lipinski definition) is 2. The molecule has 3 rings (SSSR count). The summed E-state index contributed by atoms with van der Waals surface area (Å²) in [4.78, 5) is 27.1. The van der Waals surface area contributed by atoms with E-state index in [1.165, 1.54) is 5.56 Å². The number of carbonyl (C=O) groups is 2.